The molecule has 3 amide bonds. The van der Waals surface area contributed by atoms with E-state index >= 15 is 0 Å². The van der Waals surface area contributed by atoms with E-state index in [0.29, 0.717) is 12.1 Å². The summed E-state index contributed by atoms with van der Waals surface area (Å²) in [6, 6.07) is 0.407. The van der Waals surface area contributed by atoms with Gasteiger partial charge in [-0.05, 0) is 32.0 Å². The lowest BCUT2D eigenvalue weighted by Crippen LogP contribution is -2.54. The predicted octanol–water partition coefficient (Wildman–Crippen LogP) is 2.53. The average Bonchev–Trinajstić information content (AvgIpc) is 2.64. The first-order valence-electron chi connectivity index (χ1n) is 8.88. The molecule has 6 nitrogen and oxygen atoms in total. The van der Waals surface area contributed by atoms with Crippen molar-refractivity contribution < 1.29 is 40.7 Å². The highest BCUT2D eigenvalue weighted by molar-refractivity contribution is 6.35. The van der Waals surface area contributed by atoms with Gasteiger partial charge >= 0.3 is 24.2 Å². The van der Waals surface area contributed by atoms with Crippen molar-refractivity contribution >= 4 is 17.7 Å². The Hall–Kier alpha value is -2.79. The number of carbonyl (C=O) groups excluding carboxylic acids is 3. The molecule has 0 radical (unpaired) electrons. The van der Waals surface area contributed by atoms with Crippen molar-refractivity contribution in [2.24, 2.45) is 0 Å². The Morgan fingerprint density at radius 3 is 1.67 bits per heavy atom. The second kappa shape index (κ2) is 8.52. The molecule has 1 N–H and O–H groups in total. The second-order valence-corrected chi connectivity index (χ2v) is 7.01. The third-order valence-corrected chi connectivity index (χ3v) is 4.30. The number of rotatable bonds is 2. The molecule has 166 valence electrons. The van der Waals surface area contributed by atoms with Gasteiger partial charge in [-0.25, -0.2) is 0 Å². The number of alkyl halides is 6. The average molecular weight is 439 g/mol. The highest BCUT2D eigenvalue weighted by Crippen LogP contribution is 2.36. The van der Waals surface area contributed by atoms with Crippen molar-refractivity contribution in [2.75, 3.05) is 26.2 Å². The molecule has 0 atom stereocenters. The summed E-state index contributed by atoms with van der Waals surface area (Å²) < 4.78 is 77.8. The van der Waals surface area contributed by atoms with Crippen molar-refractivity contribution in [1.29, 1.82) is 0 Å². The number of amides is 3. The van der Waals surface area contributed by atoms with E-state index in [-0.39, 0.29) is 38.3 Å². The van der Waals surface area contributed by atoms with E-state index in [2.05, 4.69) is 5.32 Å². The molecule has 0 bridgehead atoms. The van der Waals surface area contributed by atoms with E-state index < -0.39 is 46.8 Å². The second-order valence-electron chi connectivity index (χ2n) is 7.01. The maximum atomic E-state index is 13.0. The Morgan fingerprint density at radius 2 is 1.27 bits per heavy atom. The molecule has 1 aromatic rings. The number of hydrogen-bond donors (Lipinski definition) is 1. The van der Waals surface area contributed by atoms with Crippen LogP contribution in [0, 0.1) is 0 Å². The minimum atomic E-state index is -5.06. The van der Waals surface area contributed by atoms with Crippen molar-refractivity contribution in [1.82, 2.24) is 15.1 Å². The van der Waals surface area contributed by atoms with Gasteiger partial charge in [0.2, 0.25) is 0 Å². The molecule has 1 fully saturated rings. The van der Waals surface area contributed by atoms with Gasteiger partial charge in [0.05, 0.1) is 11.1 Å². The lowest BCUT2D eigenvalue weighted by atomic mass is 10.0. The largest absolute Gasteiger partial charge is 0.416 e. The van der Waals surface area contributed by atoms with E-state index in [1.807, 2.05) is 0 Å². The van der Waals surface area contributed by atoms with Crippen LogP contribution in [-0.4, -0.2) is 59.7 Å². The van der Waals surface area contributed by atoms with Crippen LogP contribution >= 0.6 is 0 Å². The summed E-state index contributed by atoms with van der Waals surface area (Å²) in [4.78, 5) is 38.5. The molecular formula is C18H19F6N3O3. The number of hydrogen-bond acceptors (Lipinski definition) is 3. The van der Waals surface area contributed by atoms with Crippen LogP contribution in [0.3, 0.4) is 0 Å². The van der Waals surface area contributed by atoms with Gasteiger partial charge in [0.25, 0.3) is 5.91 Å². The highest BCUT2D eigenvalue weighted by atomic mass is 19.4. The summed E-state index contributed by atoms with van der Waals surface area (Å²) in [5.74, 6) is -2.68. The van der Waals surface area contributed by atoms with Gasteiger partial charge in [-0.2, -0.15) is 26.3 Å². The fourth-order valence-corrected chi connectivity index (χ4v) is 2.84. The van der Waals surface area contributed by atoms with Crippen molar-refractivity contribution in [2.45, 2.75) is 32.2 Å². The molecule has 0 spiro atoms. The molecule has 1 heterocycles. The Bertz CT molecular complexity index is 795. The maximum absolute atomic E-state index is 13.0. The predicted molar refractivity (Wildman–Crippen MR) is 92.2 cm³/mol. The minimum absolute atomic E-state index is 0.0548. The van der Waals surface area contributed by atoms with Crippen LogP contribution < -0.4 is 5.32 Å². The summed E-state index contributed by atoms with van der Waals surface area (Å²) in [7, 11) is 0. The van der Waals surface area contributed by atoms with Gasteiger partial charge < -0.3 is 15.1 Å². The first-order chi connectivity index (χ1) is 13.7. The van der Waals surface area contributed by atoms with Gasteiger partial charge in [0, 0.05) is 37.8 Å². The zero-order chi connectivity index (χ0) is 22.9. The summed E-state index contributed by atoms with van der Waals surface area (Å²) >= 11 is 0. The summed E-state index contributed by atoms with van der Waals surface area (Å²) in [6.45, 7) is 2.87. The van der Waals surface area contributed by atoms with Crippen LogP contribution in [0.25, 0.3) is 0 Å². The summed E-state index contributed by atoms with van der Waals surface area (Å²) in [6.07, 6.45) is -10.1. The number of benzene rings is 1. The molecule has 1 aliphatic heterocycles. The first-order valence-corrected chi connectivity index (χ1v) is 8.88. The zero-order valence-electron chi connectivity index (χ0n) is 16.0. The van der Waals surface area contributed by atoms with Crippen LogP contribution in [0.1, 0.15) is 35.3 Å². The van der Waals surface area contributed by atoms with Crippen molar-refractivity contribution in [3.05, 3.63) is 34.9 Å². The van der Waals surface area contributed by atoms with Crippen LogP contribution in [-0.2, 0) is 21.9 Å². The van der Waals surface area contributed by atoms with Gasteiger partial charge in [-0.3, -0.25) is 14.4 Å². The normalized spacial score (nSPS) is 15.4. The van der Waals surface area contributed by atoms with Crippen LogP contribution in [0.2, 0.25) is 0 Å². The van der Waals surface area contributed by atoms with E-state index in [9.17, 15) is 40.7 Å². The Morgan fingerprint density at radius 1 is 0.833 bits per heavy atom. The van der Waals surface area contributed by atoms with Crippen molar-refractivity contribution in [3.8, 4) is 0 Å². The fraction of sp³-hybridized carbons (Fsp3) is 0.500. The Labute approximate surface area is 167 Å². The molecule has 1 aromatic carbocycles. The molecule has 2 rings (SSSR count). The standard InChI is InChI=1S/C18H19F6N3O3/c1-10(2)25-14(28)16(30)27-5-3-26(4-6-27)15(29)11-7-12(17(19,20)21)9-13(8-11)18(22,23)24/h7-10H,3-6H2,1-2H3,(H,25,28). The molecule has 0 aliphatic carbocycles. The van der Waals surface area contributed by atoms with Crippen LogP contribution in [0.15, 0.2) is 18.2 Å². The molecule has 30 heavy (non-hydrogen) atoms. The number of piperazine rings is 1. The molecule has 0 saturated carbocycles. The first kappa shape index (κ1) is 23.5. The Kier molecular flexibility index (Phi) is 6.67. The van der Waals surface area contributed by atoms with E-state index in [0.717, 1.165) is 9.80 Å². The van der Waals surface area contributed by atoms with Crippen LogP contribution in [0.5, 0.6) is 0 Å². The number of nitrogens with zero attached hydrogens (tertiary/aromatic N) is 2. The summed E-state index contributed by atoms with van der Waals surface area (Å²) in [5.41, 5.74) is -3.92. The highest BCUT2D eigenvalue weighted by Gasteiger charge is 2.38. The topological polar surface area (TPSA) is 69.7 Å². The molecule has 12 heteroatoms. The SMILES string of the molecule is CC(C)NC(=O)C(=O)N1CCN(C(=O)c2cc(C(F)(F)F)cc(C(F)(F)F)c2)CC1. The third-order valence-electron chi connectivity index (χ3n) is 4.30. The maximum Gasteiger partial charge on any atom is 0.416 e. The molecular weight excluding hydrogens is 420 g/mol. The van der Waals surface area contributed by atoms with E-state index in [1.165, 1.54) is 0 Å². The van der Waals surface area contributed by atoms with E-state index in [1.54, 1.807) is 13.8 Å². The molecule has 1 saturated heterocycles. The minimum Gasteiger partial charge on any atom is -0.346 e. The van der Waals surface area contributed by atoms with Gasteiger partial charge in [-0.15, -0.1) is 0 Å². The lowest BCUT2D eigenvalue weighted by molar-refractivity contribution is -0.147. The monoisotopic (exact) mass is 439 g/mol. The number of halogens is 6. The Balaban J connectivity index is 2.17. The van der Waals surface area contributed by atoms with Gasteiger partial charge in [0.15, 0.2) is 0 Å². The third kappa shape index (κ3) is 5.63. The fourth-order valence-electron chi connectivity index (χ4n) is 2.84. The van der Waals surface area contributed by atoms with E-state index in [4.69, 9.17) is 0 Å². The van der Waals surface area contributed by atoms with Gasteiger partial charge in [0.1, 0.15) is 0 Å². The summed E-state index contributed by atoms with van der Waals surface area (Å²) in [5, 5.41) is 2.42. The molecule has 0 unspecified atom stereocenters. The number of nitrogens with one attached hydrogen (secondary N) is 1. The number of carbonyl (C=O) groups is 3. The quantitative estimate of drug-likeness (QED) is 0.569. The molecule has 1 aliphatic rings. The smallest absolute Gasteiger partial charge is 0.346 e. The van der Waals surface area contributed by atoms with Gasteiger partial charge in [-0.1, -0.05) is 0 Å². The molecule has 0 aromatic heterocycles. The zero-order valence-corrected chi connectivity index (χ0v) is 16.0. The van der Waals surface area contributed by atoms with Crippen LogP contribution in [0.4, 0.5) is 26.3 Å². The van der Waals surface area contributed by atoms with Crippen molar-refractivity contribution in [3.63, 3.8) is 0 Å². The lowest BCUT2D eigenvalue weighted by Gasteiger charge is -2.34.